The second kappa shape index (κ2) is 7.73. The SMILES string of the molecule is FC(F)Oc1ccccc1CNCc1ccc(Cl)cc1Br. The smallest absolute Gasteiger partial charge is 0.387 e. The van der Waals surface area contributed by atoms with Crippen LogP contribution in [0, 0.1) is 0 Å². The second-order valence-electron chi connectivity index (χ2n) is 4.33. The third kappa shape index (κ3) is 4.95. The minimum atomic E-state index is -2.82. The van der Waals surface area contributed by atoms with Crippen molar-refractivity contribution in [2.45, 2.75) is 19.7 Å². The van der Waals surface area contributed by atoms with E-state index in [1.807, 2.05) is 12.1 Å². The van der Waals surface area contributed by atoms with E-state index in [0.717, 1.165) is 10.0 Å². The van der Waals surface area contributed by atoms with E-state index in [2.05, 4.69) is 26.0 Å². The third-order valence-electron chi connectivity index (χ3n) is 2.83. The Morgan fingerprint density at radius 3 is 2.52 bits per heavy atom. The number of para-hydroxylation sites is 1. The van der Waals surface area contributed by atoms with Crippen LogP contribution in [0.5, 0.6) is 5.75 Å². The van der Waals surface area contributed by atoms with Gasteiger partial charge in [0.05, 0.1) is 0 Å². The van der Waals surface area contributed by atoms with Crippen LogP contribution < -0.4 is 10.1 Å². The van der Waals surface area contributed by atoms with Gasteiger partial charge in [0.25, 0.3) is 0 Å². The lowest BCUT2D eigenvalue weighted by molar-refractivity contribution is -0.0505. The molecule has 2 aromatic rings. The van der Waals surface area contributed by atoms with Crippen molar-refractivity contribution in [3.05, 3.63) is 63.1 Å². The Balaban J connectivity index is 1.97. The Labute approximate surface area is 135 Å². The summed E-state index contributed by atoms with van der Waals surface area (Å²) in [6, 6.07) is 12.2. The molecule has 0 heterocycles. The molecule has 0 bridgehead atoms. The van der Waals surface area contributed by atoms with Gasteiger partial charge in [-0.25, -0.2) is 0 Å². The standard InChI is InChI=1S/C15H13BrClF2NO/c16-13-7-12(17)6-5-10(13)8-20-9-11-3-1-2-4-14(11)21-15(18)19/h1-7,15,20H,8-9H2. The van der Waals surface area contributed by atoms with E-state index >= 15 is 0 Å². The van der Waals surface area contributed by atoms with Crippen LogP contribution in [0.15, 0.2) is 46.9 Å². The molecule has 0 saturated carbocycles. The number of rotatable bonds is 6. The molecule has 21 heavy (non-hydrogen) atoms. The number of alkyl halides is 2. The average Bonchev–Trinajstić information content (AvgIpc) is 2.42. The summed E-state index contributed by atoms with van der Waals surface area (Å²) in [4.78, 5) is 0. The maximum Gasteiger partial charge on any atom is 0.387 e. The fourth-order valence-corrected chi connectivity index (χ4v) is 2.68. The predicted molar refractivity (Wildman–Crippen MR) is 82.8 cm³/mol. The Kier molecular flexibility index (Phi) is 5.96. The molecule has 6 heteroatoms. The van der Waals surface area contributed by atoms with Crippen molar-refractivity contribution in [2.75, 3.05) is 0 Å². The van der Waals surface area contributed by atoms with Gasteiger partial charge in [0.1, 0.15) is 5.75 Å². The molecule has 2 nitrogen and oxygen atoms in total. The van der Waals surface area contributed by atoms with Crippen LogP contribution in [0.2, 0.25) is 5.02 Å². The molecule has 0 spiro atoms. The van der Waals surface area contributed by atoms with Gasteiger partial charge in [0.15, 0.2) is 0 Å². The minimum Gasteiger partial charge on any atom is -0.434 e. The first kappa shape index (κ1) is 16.2. The largest absolute Gasteiger partial charge is 0.434 e. The van der Waals surface area contributed by atoms with Crippen LogP contribution in [0.1, 0.15) is 11.1 Å². The van der Waals surface area contributed by atoms with Gasteiger partial charge in [-0.3, -0.25) is 0 Å². The van der Waals surface area contributed by atoms with E-state index in [1.165, 1.54) is 6.07 Å². The summed E-state index contributed by atoms with van der Waals surface area (Å²) in [5.74, 6) is 0.190. The fourth-order valence-electron chi connectivity index (χ4n) is 1.86. The molecule has 1 N–H and O–H groups in total. The van der Waals surface area contributed by atoms with Crippen LogP contribution >= 0.6 is 27.5 Å². The fraction of sp³-hybridized carbons (Fsp3) is 0.200. The van der Waals surface area contributed by atoms with Crippen molar-refractivity contribution in [1.29, 1.82) is 0 Å². The van der Waals surface area contributed by atoms with E-state index in [0.29, 0.717) is 23.7 Å². The molecule has 0 fully saturated rings. The molecule has 0 aromatic heterocycles. The first-order valence-electron chi connectivity index (χ1n) is 6.23. The van der Waals surface area contributed by atoms with Gasteiger partial charge in [0.2, 0.25) is 0 Å². The molecule has 0 atom stereocenters. The maximum absolute atomic E-state index is 12.3. The lowest BCUT2D eigenvalue weighted by atomic mass is 10.2. The van der Waals surface area contributed by atoms with E-state index in [9.17, 15) is 8.78 Å². The molecule has 0 aliphatic rings. The monoisotopic (exact) mass is 375 g/mol. The maximum atomic E-state index is 12.3. The summed E-state index contributed by atoms with van der Waals surface area (Å²) < 4.78 is 30.0. The predicted octanol–water partition coefficient (Wildman–Crippen LogP) is 4.99. The first-order valence-corrected chi connectivity index (χ1v) is 7.40. The number of halogens is 4. The zero-order valence-corrected chi connectivity index (χ0v) is 13.3. The lowest BCUT2D eigenvalue weighted by Gasteiger charge is -2.12. The van der Waals surface area contributed by atoms with E-state index in [4.69, 9.17) is 11.6 Å². The topological polar surface area (TPSA) is 21.3 Å². The van der Waals surface area contributed by atoms with Crippen LogP contribution in [-0.4, -0.2) is 6.61 Å². The molecule has 0 amide bonds. The summed E-state index contributed by atoms with van der Waals surface area (Å²) in [7, 11) is 0. The van der Waals surface area contributed by atoms with Crippen molar-refractivity contribution in [2.24, 2.45) is 0 Å². The van der Waals surface area contributed by atoms with Gasteiger partial charge in [-0.2, -0.15) is 8.78 Å². The van der Waals surface area contributed by atoms with Crippen LogP contribution in [0.25, 0.3) is 0 Å². The molecular weight excluding hydrogens is 364 g/mol. The number of benzene rings is 2. The highest BCUT2D eigenvalue weighted by Crippen LogP contribution is 2.23. The van der Waals surface area contributed by atoms with Crippen molar-refractivity contribution < 1.29 is 13.5 Å². The molecule has 0 aliphatic heterocycles. The van der Waals surface area contributed by atoms with Crippen molar-refractivity contribution >= 4 is 27.5 Å². The molecule has 0 unspecified atom stereocenters. The first-order chi connectivity index (χ1) is 10.1. The lowest BCUT2D eigenvalue weighted by Crippen LogP contribution is -2.14. The highest BCUT2D eigenvalue weighted by Gasteiger charge is 2.09. The second-order valence-corrected chi connectivity index (χ2v) is 5.62. The summed E-state index contributed by atoms with van der Waals surface area (Å²) in [6.07, 6.45) is 0. The van der Waals surface area contributed by atoms with Crippen molar-refractivity contribution in [3.63, 3.8) is 0 Å². The Morgan fingerprint density at radius 1 is 1.10 bits per heavy atom. The molecule has 112 valence electrons. The van der Waals surface area contributed by atoms with E-state index < -0.39 is 6.61 Å². The third-order valence-corrected chi connectivity index (χ3v) is 3.81. The van der Waals surface area contributed by atoms with Gasteiger partial charge in [0, 0.05) is 28.1 Å². The highest BCUT2D eigenvalue weighted by atomic mass is 79.9. The average molecular weight is 377 g/mol. The number of hydrogen-bond acceptors (Lipinski definition) is 2. The quantitative estimate of drug-likeness (QED) is 0.766. The highest BCUT2D eigenvalue weighted by molar-refractivity contribution is 9.10. The Bertz CT molecular complexity index is 610. The number of hydrogen-bond donors (Lipinski definition) is 1. The van der Waals surface area contributed by atoms with E-state index in [-0.39, 0.29) is 5.75 Å². The van der Waals surface area contributed by atoms with Gasteiger partial charge < -0.3 is 10.1 Å². The number of ether oxygens (including phenoxy) is 1. The van der Waals surface area contributed by atoms with Gasteiger partial charge in [-0.1, -0.05) is 51.8 Å². The minimum absolute atomic E-state index is 0.190. The van der Waals surface area contributed by atoms with Crippen molar-refractivity contribution in [3.8, 4) is 5.75 Å². The van der Waals surface area contributed by atoms with Crippen LogP contribution in [0.4, 0.5) is 8.78 Å². The van der Waals surface area contributed by atoms with Gasteiger partial charge >= 0.3 is 6.61 Å². The zero-order valence-electron chi connectivity index (χ0n) is 11.0. The van der Waals surface area contributed by atoms with Gasteiger partial charge in [-0.15, -0.1) is 0 Å². The zero-order chi connectivity index (χ0) is 15.2. The number of nitrogens with one attached hydrogen (secondary N) is 1. The molecule has 2 aromatic carbocycles. The summed E-state index contributed by atoms with van der Waals surface area (Å²) in [5, 5.41) is 3.85. The summed E-state index contributed by atoms with van der Waals surface area (Å²) in [5.41, 5.74) is 1.72. The summed E-state index contributed by atoms with van der Waals surface area (Å²) >= 11 is 9.31. The van der Waals surface area contributed by atoms with Crippen LogP contribution in [0.3, 0.4) is 0 Å². The molecule has 0 saturated heterocycles. The van der Waals surface area contributed by atoms with E-state index in [1.54, 1.807) is 24.3 Å². The van der Waals surface area contributed by atoms with Crippen LogP contribution in [-0.2, 0) is 13.1 Å². The summed E-state index contributed by atoms with van der Waals surface area (Å²) in [6.45, 7) is -1.81. The Morgan fingerprint density at radius 2 is 1.81 bits per heavy atom. The molecular formula is C15H13BrClF2NO. The van der Waals surface area contributed by atoms with Crippen molar-refractivity contribution in [1.82, 2.24) is 5.32 Å². The Hall–Kier alpha value is -1.17. The van der Waals surface area contributed by atoms with Gasteiger partial charge in [-0.05, 0) is 23.8 Å². The normalized spacial score (nSPS) is 10.9. The molecule has 0 aliphatic carbocycles. The molecule has 2 rings (SSSR count). The molecule has 0 radical (unpaired) electrons.